The van der Waals surface area contributed by atoms with Crippen LogP contribution in [0.5, 0.6) is 0 Å². The molecule has 1 aromatic rings. The first-order chi connectivity index (χ1) is 11.9. The third-order valence-corrected chi connectivity index (χ3v) is 4.64. The lowest BCUT2D eigenvalue weighted by Crippen LogP contribution is -2.27. The average Bonchev–Trinajstić information content (AvgIpc) is 3.17. The maximum atomic E-state index is 12.4. The zero-order chi connectivity index (χ0) is 18.4. The highest BCUT2D eigenvalue weighted by molar-refractivity contribution is 6.01. The molecular weight excluding hydrogens is 324 g/mol. The summed E-state index contributed by atoms with van der Waals surface area (Å²) in [5.74, 6) is -1.80. The second kappa shape index (κ2) is 4.89. The standard InChI is InChI=1S/C16H6N6O3/c17-5-10(6-18)13-15(7-19)12(16(15,8-20)14(23)21-13)9-2-1-3-11(4-9)22(24)25/h1-4,12H,(H,21,23). The maximum Gasteiger partial charge on any atom is 0.269 e. The van der Waals surface area contributed by atoms with Crippen molar-refractivity contribution >= 4 is 11.6 Å². The maximum absolute atomic E-state index is 12.4. The van der Waals surface area contributed by atoms with Crippen LogP contribution in [0.3, 0.4) is 0 Å². The third kappa shape index (κ3) is 1.59. The number of piperidine rings is 1. The fourth-order valence-electron chi connectivity index (χ4n) is 3.56. The third-order valence-electron chi connectivity index (χ3n) is 4.64. The summed E-state index contributed by atoms with van der Waals surface area (Å²) in [5.41, 5.74) is -4.27. The van der Waals surface area contributed by atoms with Gasteiger partial charge in [-0.2, -0.15) is 21.0 Å². The number of rotatable bonds is 2. The molecule has 0 spiro atoms. The number of nitriles is 4. The van der Waals surface area contributed by atoms with Crippen LogP contribution in [0, 0.1) is 66.3 Å². The van der Waals surface area contributed by atoms with Crippen molar-refractivity contribution in [1.82, 2.24) is 5.32 Å². The number of carbonyl (C=O) groups excluding carboxylic acids is 1. The van der Waals surface area contributed by atoms with Gasteiger partial charge in [0.1, 0.15) is 17.6 Å². The summed E-state index contributed by atoms with van der Waals surface area (Å²) in [6.45, 7) is 0. The van der Waals surface area contributed by atoms with Gasteiger partial charge in [0.15, 0.2) is 11.0 Å². The summed E-state index contributed by atoms with van der Waals surface area (Å²) in [5, 5.41) is 50.8. The molecule has 1 heterocycles. The quantitative estimate of drug-likeness (QED) is 0.481. The summed E-state index contributed by atoms with van der Waals surface area (Å²) in [6.07, 6.45) is 0. The molecule has 1 aliphatic carbocycles. The molecule has 2 aliphatic rings. The summed E-state index contributed by atoms with van der Waals surface area (Å²) in [4.78, 5) is 22.7. The van der Waals surface area contributed by atoms with Gasteiger partial charge < -0.3 is 5.32 Å². The van der Waals surface area contributed by atoms with Crippen LogP contribution in [0.15, 0.2) is 35.5 Å². The van der Waals surface area contributed by atoms with Crippen LogP contribution in [0.2, 0.25) is 0 Å². The molecule has 1 aliphatic heterocycles. The van der Waals surface area contributed by atoms with Gasteiger partial charge in [0.05, 0.1) is 22.8 Å². The summed E-state index contributed by atoms with van der Waals surface area (Å²) >= 11 is 0. The number of nitrogens with one attached hydrogen (secondary N) is 1. The number of fused-ring (bicyclic) bond motifs is 1. The van der Waals surface area contributed by atoms with E-state index in [1.807, 2.05) is 12.1 Å². The lowest BCUT2D eigenvalue weighted by Gasteiger charge is -2.11. The predicted molar refractivity (Wildman–Crippen MR) is 78.3 cm³/mol. The Morgan fingerprint density at radius 2 is 1.80 bits per heavy atom. The summed E-state index contributed by atoms with van der Waals surface area (Å²) in [6, 6.07) is 12.2. The topological polar surface area (TPSA) is 167 Å². The first-order valence-electron chi connectivity index (χ1n) is 6.87. The number of hydrogen-bond acceptors (Lipinski definition) is 7. The van der Waals surface area contributed by atoms with Crippen molar-refractivity contribution in [2.24, 2.45) is 10.8 Å². The van der Waals surface area contributed by atoms with E-state index in [-0.39, 0.29) is 16.9 Å². The van der Waals surface area contributed by atoms with E-state index < -0.39 is 33.2 Å². The molecular formula is C16H6N6O3. The Kier molecular flexibility index (Phi) is 3.07. The minimum atomic E-state index is -1.83. The number of carbonyl (C=O) groups is 1. The second-order valence-electron chi connectivity index (χ2n) is 5.55. The van der Waals surface area contributed by atoms with Crippen molar-refractivity contribution in [3.8, 4) is 24.3 Å². The SMILES string of the molecule is N#CC(C#N)=C1NC(=O)C2(C#N)C(c3cccc([N+](=O)[O-])c3)C12C#N. The zero-order valence-electron chi connectivity index (χ0n) is 12.3. The molecule has 0 bridgehead atoms. The molecule has 1 saturated heterocycles. The van der Waals surface area contributed by atoms with E-state index in [1.54, 1.807) is 12.1 Å². The van der Waals surface area contributed by atoms with E-state index in [4.69, 9.17) is 10.5 Å². The molecule has 3 unspecified atom stereocenters. The van der Waals surface area contributed by atoms with E-state index in [1.165, 1.54) is 24.3 Å². The number of allylic oxidation sites excluding steroid dienone is 2. The fraction of sp³-hybridized carbons (Fsp3) is 0.188. The molecule has 1 aromatic carbocycles. The highest BCUT2D eigenvalue weighted by Gasteiger charge is 2.89. The average molecular weight is 330 g/mol. The molecule has 9 heteroatoms. The number of nitro benzene ring substituents is 1. The lowest BCUT2D eigenvalue weighted by molar-refractivity contribution is -0.384. The van der Waals surface area contributed by atoms with Crippen LogP contribution in [-0.4, -0.2) is 10.8 Å². The molecule has 2 fully saturated rings. The number of non-ortho nitro benzene ring substituents is 1. The van der Waals surface area contributed by atoms with Crippen molar-refractivity contribution in [3.05, 3.63) is 51.2 Å². The van der Waals surface area contributed by atoms with Gasteiger partial charge in [-0.05, 0) is 5.56 Å². The largest absolute Gasteiger partial charge is 0.325 e. The van der Waals surface area contributed by atoms with Crippen molar-refractivity contribution in [2.75, 3.05) is 0 Å². The fourth-order valence-corrected chi connectivity index (χ4v) is 3.56. The van der Waals surface area contributed by atoms with Gasteiger partial charge in [-0.1, -0.05) is 12.1 Å². The van der Waals surface area contributed by atoms with E-state index in [0.29, 0.717) is 0 Å². The van der Waals surface area contributed by atoms with Gasteiger partial charge in [-0.25, -0.2) is 0 Å². The Bertz CT molecular complexity index is 1030. The molecule has 0 aromatic heterocycles. The van der Waals surface area contributed by atoms with Crippen LogP contribution < -0.4 is 5.32 Å². The Morgan fingerprint density at radius 1 is 1.16 bits per heavy atom. The number of hydrogen-bond donors (Lipinski definition) is 1. The number of amides is 1. The van der Waals surface area contributed by atoms with Crippen LogP contribution in [-0.2, 0) is 4.79 Å². The Morgan fingerprint density at radius 3 is 2.32 bits per heavy atom. The highest BCUT2D eigenvalue weighted by atomic mass is 16.6. The van der Waals surface area contributed by atoms with E-state index in [0.717, 1.165) is 0 Å². The molecule has 118 valence electrons. The van der Waals surface area contributed by atoms with Crippen molar-refractivity contribution < 1.29 is 9.72 Å². The van der Waals surface area contributed by atoms with Crippen molar-refractivity contribution in [1.29, 1.82) is 21.0 Å². The zero-order valence-corrected chi connectivity index (χ0v) is 12.3. The number of nitrogens with zero attached hydrogens (tertiary/aromatic N) is 5. The summed E-state index contributed by atoms with van der Waals surface area (Å²) < 4.78 is 0. The number of benzene rings is 1. The van der Waals surface area contributed by atoms with Crippen LogP contribution in [0.4, 0.5) is 5.69 Å². The predicted octanol–water partition coefficient (Wildman–Crippen LogP) is 1.14. The van der Waals surface area contributed by atoms with Crippen LogP contribution >= 0.6 is 0 Å². The smallest absolute Gasteiger partial charge is 0.269 e. The van der Waals surface area contributed by atoms with Gasteiger partial charge in [0.2, 0.25) is 5.91 Å². The minimum Gasteiger partial charge on any atom is -0.325 e. The molecule has 25 heavy (non-hydrogen) atoms. The molecule has 0 radical (unpaired) electrons. The van der Waals surface area contributed by atoms with E-state index in [2.05, 4.69) is 5.32 Å². The van der Waals surface area contributed by atoms with Gasteiger partial charge in [-0.15, -0.1) is 0 Å². The van der Waals surface area contributed by atoms with E-state index >= 15 is 0 Å². The van der Waals surface area contributed by atoms with Gasteiger partial charge in [-0.3, -0.25) is 14.9 Å². The van der Waals surface area contributed by atoms with Gasteiger partial charge >= 0.3 is 0 Å². The first-order valence-corrected chi connectivity index (χ1v) is 6.87. The molecule has 3 atom stereocenters. The van der Waals surface area contributed by atoms with Crippen LogP contribution in [0.25, 0.3) is 0 Å². The Hall–Kier alpha value is -4.21. The van der Waals surface area contributed by atoms with Crippen LogP contribution in [0.1, 0.15) is 11.5 Å². The molecule has 3 rings (SSSR count). The second-order valence-corrected chi connectivity index (χ2v) is 5.55. The summed E-state index contributed by atoms with van der Waals surface area (Å²) in [7, 11) is 0. The van der Waals surface area contributed by atoms with Gasteiger partial charge in [0, 0.05) is 18.1 Å². The minimum absolute atomic E-state index is 0.219. The molecule has 9 nitrogen and oxygen atoms in total. The van der Waals surface area contributed by atoms with Crippen molar-refractivity contribution in [2.45, 2.75) is 5.92 Å². The Labute approximate surface area is 140 Å². The monoisotopic (exact) mass is 330 g/mol. The molecule has 1 saturated carbocycles. The van der Waals surface area contributed by atoms with Gasteiger partial charge in [0.25, 0.3) is 5.69 Å². The first kappa shape index (κ1) is 15.7. The Balaban J connectivity index is 2.29. The van der Waals surface area contributed by atoms with E-state index in [9.17, 15) is 25.4 Å². The highest BCUT2D eigenvalue weighted by Crippen LogP contribution is 2.79. The number of nitro groups is 1. The van der Waals surface area contributed by atoms with Crippen molar-refractivity contribution in [3.63, 3.8) is 0 Å². The lowest BCUT2D eigenvalue weighted by atomic mass is 9.93. The molecule has 1 N–H and O–H groups in total. The molecule has 1 amide bonds. The normalized spacial score (nSPS) is 28.4.